The Kier molecular flexibility index (Phi) is 5.23. The van der Waals surface area contributed by atoms with E-state index in [1.807, 2.05) is 0 Å². The fraction of sp³-hybridized carbons (Fsp3) is 0.375. The van der Waals surface area contributed by atoms with E-state index >= 15 is 0 Å². The van der Waals surface area contributed by atoms with Gasteiger partial charge in [-0.2, -0.15) is 0 Å². The Morgan fingerprint density at radius 1 is 1.17 bits per heavy atom. The molecule has 0 saturated heterocycles. The highest BCUT2D eigenvalue weighted by Crippen LogP contribution is 2.31. The number of hydrogen-bond donors (Lipinski definition) is 5. The number of carbonyl (C=O) groups is 2. The van der Waals surface area contributed by atoms with Gasteiger partial charge in [-0.05, 0) is 23.8 Å². The second-order valence-corrected chi connectivity index (χ2v) is 5.70. The molecule has 1 aliphatic rings. The van der Waals surface area contributed by atoms with Gasteiger partial charge in [0, 0.05) is 18.9 Å². The number of aromatic hydroxyl groups is 1. The Labute approximate surface area is 137 Å². The number of esters is 1. The predicted molar refractivity (Wildman–Crippen MR) is 80.9 cm³/mol. The number of carboxylic acid groups (broad SMARTS) is 1. The van der Waals surface area contributed by atoms with Gasteiger partial charge in [0.25, 0.3) is 0 Å². The summed E-state index contributed by atoms with van der Waals surface area (Å²) in [6.45, 7) is 0. The smallest absolute Gasteiger partial charge is 0.335 e. The van der Waals surface area contributed by atoms with Crippen molar-refractivity contribution in [1.29, 1.82) is 0 Å². The number of aliphatic hydroxyl groups excluding tert-OH is 2. The first-order valence-corrected chi connectivity index (χ1v) is 7.21. The maximum atomic E-state index is 11.8. The minimum atomic E-state index is -2.27. The molecular weight excluding hydrogens is 320 g/mol. The van der Waals surface area contributed by atoms with Crippen LogP contribution in [0.5, 0.6) is 5.75 Å². The van der Waals surface area contributed by atoms with Crippen LogP contribution in [0.15, 0.2) is 30.3 Å². The summed E-state index contributed by atoms with van der Waals surface area (Å²) >= 11 is 0. The van der Waals surface area contributed by atoms with Crippen molar-refractivity contribution in [3.05, 3.63) is 35.9 Å². The molecule has 24 heavy (non-hydrogen) atoms. The van der Waals surface area contributed by atoms with Crippen molar-refractivity contribution in [2.24, 2.45) is 0 Å². The highest BCUT2D eigenvalue weighted by atomic mass is 16.6. The van der Waals surface area contributed by atoms with Gasteiger partial charge in [-0.25, -0.2) is 9.59 Å². The van der Waals surface area contributed by atoms with E-state index in [1.165, 1.54) is 18.2 Å². The Balaban J connectivity index is 2.03. The second kappa shape index (κ2) is 7.00. The quantitative estimate of drug-likeness (QED) is 0.370. The van der Waals surface area contributed by atoms with Crippen molar-refractivity contribution in [3.8, 4) is 5.75 Å². The fourth-order valence-electron chi connectivity index (χ4n) is 2.48. The van der Waals surface area contributed by atoms with Gasteiger partial charge in [0.1, 0.15) is 18.0 Å². The van der Waals surface area contributed by atoms with Gasteiger partial charge in [-0.1, -0.05) is 12.1 Å². The molecule has 0 bridgehead atoms. The molecule has 0 unspecified atom stereocenters. The zero-order chi connectivity index (χ0) is 17.9. The SMILES string of the molecule is O=C(/C=C/c1ccc(O)cc1)O[C@H]1C[C@@](O)(C(=O)O)C[C@H](O)[C@@H]1O. The molecule has 8 heteroatoms. The van der Waals surface area contributed by atoms with E-state index in [0.29, 0.717) is 5.56 Å². The van der Waals surface area contributed by atoms with Crippen LogP contribution in [0, 0.1) is 0 Å². The summed E-state index contributed by atoms with van der Waals surface area (Å²) in [5, 5.41) is 47.6. The third-order valence-electron chi connectivity index (χ3n) is 3.83. The summed E-state index contributed by atoms with van der Waals surface area (Å²) < 4.78 is 4.96. The molecule has 0 amide bonds. The Morgan fingerprint density at radius 3 is 2.38 bits per heavy atom. The molecule has 130 valence electrons. The van der Waals surface area contributed by atoms with Crippen molar-refractivity contribution in [2.45, 2.75) is 36.8 Å². The first-order chi connectivity index (χ1) is 11.2. The summed E-state index contributed by atoms with van der Waals surface area (Å²) in [6.07, 6.45) is -3.00. The minimum Gasteiger partial charge on any atom is -0.508 e. The van der Waals surface area contributed by atoms with Crippen molar-refractivity contribution in [2.75, 3.05) is 0 Å². The molecule has 1 saturated carbocycles. The number of ether oxygens (including phenoxy) is 1. The molecule has 0 aromatic heterocycles. The molecule has 8 nitrogen and oxygen atoms in total. The number of phenolic OH excluding ortho intramolecular Hbond substituents is 1. The third kappa shape index (κ3) is 4.10. The predicted octanol–water partition coefficient (Wildman–Crippen LogP) is -0.352. The van der Waals surface area contributed by atoms with Crippen LogP contribution >= 0.6 is 0 Å². The fourth-order valence-corrected chi connectivity index (χ4v) is 2.48. The number of benzene rings is 1. The van der Waals surface area contributed by atoms with Gasteiger partial charge in [0.15, 0.2) is 5.60 Å². The lowest BCUT2D eigenvalue weighted by Crippen LogP contribution is -2.57. The lowest BCUT2D eigenvalue weighted by Gasteiger charge is -2.39. The van der Waals surface area contributed by atoms with Crippen molar-refractivity contribution >= 4 is 18.0 Å². The monoisotopic (exact) mass is 338 g/mol. The number of hydrogen-bond acceptors (Lipinski definition) is 7. The average molecular weight is 338 g/mol. The molecule has 1 aromatic carbocycles. The topological polar surface area (TPSA) is 145 Å². The summed E-state index contributed by atoms with van der Waals surface area (Å²) in [5.41, 5.74) is -1.67. The number of aliphatic carboxylic acids is 1. The molecule has 4 atom stereocenters. The van der Waals surface area contributed by atoms with E-state index in [4.69, 9.17) is 14.9 Å². The third-order valence-corrected chi connectivity index (χ3v) is 3.83. The summed E-state index contributed by atoms with van der Waals surface area (Å²) in [4.78, 5) is 22.9. The lowest BCUT2D eigenvalue weighted by molar-refractivity contribution is -0.196. The number of phenols is 1. The van der Waals surface area contributed by atoms with Gasteiger partial charge in [0.05, 0.1) is 6.10 Å². The van der Waals surface area contributed by atoms with Gasteiger partial charge in [0.2, 0.25) is 0 Å². The van der Waals surface area contributed by atoms with Gasteiger partial charge >= 0.3 is 11.9 Å². The molecule has 1 aromatic rings. The van der Waals surface area contributed by atoms with Crippen molar-refractivity contribution in [3.63, 3.8) is 0 Å². The highest BCUT2D eigenvalue weighted by Gasteiger charge is 2.50. The molecule has 1 aliphatic carbocycles. The summed E-state index contributed by atoms with van der Waals surface area (Å²) in [7, 11) is 0. The van der Waals surface area contributed by atoms with E-state index in [1.54, 1.807) is 12.1 Å². The Bertz CT molecular complexity index is 638. The maximum Gasteiger partial charge on any atom is 0.335 e. The average Bonchev–Trinajstić information content (AvgIpc) is 2.51. The standard InChI is InChI=1S/C16H18O8/c17-10-4-1-9(2-5-10)3-6-13(19)24-12-8-16(23,15(21)22)7-11(18)14(12)20/h1-6,11-12,14,17-18,20,23H,7-8H2,(H,21,22)/b6-3+/t11-,12-,14-,16+/m0/s1. The Morgan fingerprint density at radius 2 is 1.79 bits per heavy atom. The number of rotatable bonds is 4. The van der Waals surface area contributed by atoms with Gasteiger partial charge in [-0.15, -0.1) is 0 Å². The molecule has 1 fully saturated rings. The van der Waals surface area contributed by atoms with Gasteiger partial charge in [-0.3, -0.25) is 0 Å². The molecule has 0 heterocycles. The molecule has 2 rings (SSSR count). The molecule has 0 radical (unpaired) electrons. The van der Waals surface area contributed by atoms with E-state index in [9.17, 15) is 24.9 Å². The van der Waals surface area contributed by atoms with Crippen LogP contribution in [0.25, 0.3) is 6.08 Å². The number of carbonyl (C=O) groups excluding carboxylic acids is 1. The summed E-state index contributed by atoms with van der Waals surface area (Å²) in [6, 6.07) is 5.97. The van der Waals surface area contributed by atoms with Crippen LogP contribution < -0.4 is 0 Å². The maximum absolute atomic E-state index is 11.8. The first kappa shape index (κ1) is 17.9. The van der Waals surface area contributed by atoms with Crippen LogP contribution in [-0.4, -0.2) is 61.4 Å². The van der Waals surface area contributed by atoms with Gasteiger partial charge < -0.3 is 30.3 Å². The van der Waals surface area contributed by atoms with E-state index in [2.05, 4.69) is 0 Å². The first-order valence-electron chi connectivity index (χ1n) is 7.21. The van der Waals surface area contributed by atoms with E-state index < -0.39 is 48.7 Å². The molecule has 5 N–H and O–H groups in total. The van der Waals surface area contributed by atoms with Crippen molar-refractivity contribution < 1.29 is 39.9 Å². The van der Waals surface area contributed by atoms with E-state index in [0.717, 1.165) is 6.08 Å². The van der Waals surface area contributed by atoms with Crippen LogP contribution in [-0.2, 0) is 14.3 Å². The van der Waals surface area contributed by atoms with Crippen LogP contribution in [0.4, 0.5) is 0 Å². The zero-order valence-electron chi connectivity index (χ0n) is 12.6. The summed E-state index contributed by atoms with van der Waals surface area (Å²) in [5.74, 6) is -2.36. The van der Waals surface area contributed by atoms with Crippen LogP contribution in [0.2, 0.25) is 0 Å². The van der Waals surface area contributed by atoms with E-state index in [-0.39, 0.29) is 5.75 Å². The number of carboxylic acids is 1. The minimum absolute atomic E-state index is 0.0713. The highest BCUT2D eigenvalue weighted by molar-refractivity contribution is 5.87. The normalized spacial score (nSPS) is 30.2. The molecular formula is C16H18O8. The lowest BCUT2D eigenvalue weighted by atomic mass is 9.79. The second-order valence-electron chi connectivity index (χ2n) is 5.70. The Hall–Kier alpha value is -2.42. The molecule has 0 aliphatic heterocycles. The number of aliphatic hydroxyl groups is 3. The van der Waals surface area contributed by atoms with Crippen molar-refractivity contribution in [1.82, 2.24) is 0 Å². The zero-order valence-corrected chi connectivity index (χ0v) is 12.6. The van der Waals surface area contributed by atoms with Crippen LogP contribution in [0.1, 0.15) is 18.4 Å². The van der Waals surface area contributed by atoms with Crippen LogP contribution in [0.3, 0.4) is 0 Å². The largest absolute Gasteiger partial charge is 0.508 e. The molecule has 0 spiro atoms.